The summed E-state index contributed by atoms with van der Waals surface area (Å²) in [5.74, 6) is -0.235. The van der Waals surface area contributed by atoms with Crippen LogP contribution in [0.15, 0.2) is 66.2 Å². The summed E-state index contributed by atoms with van der Waals surface area (Å²) in [6, 6.07) is 17.5. The van der Waals surface area contributed by atoms with Gasteiger partial charge in [-0.3, -0.25) is 14.7 Å². The van der Waals surface area contributed by atoms with Crippen molar-refractivity contribution in [3.63, 3.8) is 0 Å². The van der Waals surface area contributed by atoms with Gasteiger partial charge in [0, 0.05) is 27.9 Å². The van der Waals surface area contributed by atoms with Crippen molar-refractivity contribution in [2.45, 2.75) is 45.2 Å². The number of amides is 2. The van der Waals surface area contributed by atoms with E-state index in [9.17, 15) is 9.59 Å². The number of thiophene rings is 1. The van der Waals surface area contributed by atoms with E-state index in [2.05, 4.69) is 55.8 Å². The quantitative estimate of drug-likeness (QED) is 0.255. The first-order chi connectivity index (χ1) is 18.0. The topological polar surface area (TPSA) is 98.9 Å². The highest BCUT2D eigenvalue weighted by Gasteiger charge is 2.21. The van der Waals surface area contributed by atoms with Crippen LogP contribution in [-0.2, 0) is 4.79 Å². The van der Waals surface area contributed by atoms with E-state index in [0.717, 1.165) is 58.6 Å². The van der Waals surface area contributed by atoms with E-state index in [4.69, 9.17) is 0 Å². The number of nitrogens with one attached hydrogen (secondary N) is 4. The van der Waals surface area contributed by atoms with E-state index < -0.39 is 0 Å². The number of aromatic nitrogens is 2. The van der Waals surface area contributed by atoms with Crippen molar-refractivity contribution in [3.05, 3.63) is 82.9 Å². The summed E-state index contributed by atoms with van der Waals surface area (Å²) in [6.07, 6.45) is 4.70. The van der Waals surface area contributed by atoms with Crippen LogP contribution in [0.5, 0.6) is 0 Å². The van der Waals surface area contributed by atoms with Crippen LogP contribution in [0.4, 0.5) is 5.69 Å². The smallest absolute Gasteiger partial charge is 0.252 e. The lowest BCUT2D eigenvalue weighted by Crippen LogP contribution is -2.43. The molecule has 4 aromatic rings. The van der Waals surface area contributed by atoms with Gasteiger partial charge in [-0.2, -0.15) is 5.10 Å². The Labute approximate surface area is 220 Å². The molecule has 190 valence electrons. The monoisotopic (exact) mass is 513 g/mol. The highest BCUT2D eigenvalue weighted by Crippen LogP contribution is 2.32. The second-order valence-corrected chi connectivity index (χ2v) is 10.5. The molecule has 2 aromatic heterocycles. The third-order valence-corrected chi connectivity index (χ3v) is 7.72. The van der Waals surface area contributed by atoms with Gasteiger partial charge in [0.1, 0.15) is 0 Å². The molecular weight excluding hydrogens is 482 g/mol. The van der Waals surface area contributed by atoms with Crippen LogP contribution in [0.3, 0.4) is 0 Å². The fraction of sp³-hybridized carbons (Fsp3) is 0.276. The number of rotatable bonds is 7. The summed E-state index contributed by atoms with van der Waals surface area (Å²) in [6.45, 7) is 4.74. The number of anilines is 1. The molecule has 8 heteroatoms. The first-order valence-corrected chi connectivity index (χ1v) is 13.5. The number of H-pyrrole nitrogens is 1. The van der Waals surface area contributed by atoms with Gasteiger partial charge in [-0.05, 0) is 97.8 Å². The lowest BCUT2D eigenvalue weighted by molar-refractivity contribution is -0.118. The summed E-state index contributed by atoms with van der Waals surface area (Å²) in [5.41, 5.74) is 6.04. The van der Waals surface area contributed by atoms with Crippen LogP contribution >= 0.6 is 11.3 Å². The third-order valence-electron chi connectivity index (χ3n) is 6.80. The highest BCUT2D eigenvalue weighted by molar-refractivity contribution is 7.13. The van der Waals surface area contributed by atoms with Gasteiger partial charge < -0.3 is 16.0 Å². The summed E-state index contributed by atoms with van der Waals surface area (Å²) in [5, 5.41) is 18.6. The molecule has 2 atom stereocenters. The van der Waals surface area contributed by atoms with Gasteiger partial charge >= 0.3 is 0 Å². The second kappa shape index (κ2) is 11.1. The third kappa shape index (κ3) is 5.81. The first-order valence-electron chi connectivity index (χ1n) is 12.6. The zero-order valence-corrected chi connectivity index (χ0v) is 21.8. The molecule has 0 spiro atoms. The van der Waals surface area contributed by atoms with Crippen molar-refractivity contribution in [1.29, 1.82) is 0 Å². The van der Waals surface area contributed by atoms with E-state index in [1.807, 2.05) is 38.1 Å². The molecule has 0 bridgehead atoms. The predicted molar refractivity (Wildman–Crippen MR) is 149 cm³/mol. The minimum Gasteiger partial charge on any atom is -0.346 e. The van der Waals surface area contributed by atoms with E-state index in [1.54, 1.807) is 23.6 Å². The Morgan fingerprint density at radius 3 is 2.68 bits per heavy atom. The Bertz CT molecular complexity index is 1320. The Hall–Kier alpha value is -3.75. The van der Waals surface area contributed by atoms with Crippen LogP contribution < -0.4 is 16.0 Å². The SMILES string of the molecule is Cc1ccc(NC(=O)[C@H]2CCCCN2)cc1C(=O)NC(C)c1cc(-c2ccn[nH]2)cc(-c2cccs2)c1. The van der Waals surface area contributed by atoms with Crippen LogP contribution in [-0.4, -0.2) is 34.6 Å². The van der Waals surface area contributed by atoms with Gasteiger partial charge in [-0.1, -0.05) is 18.6 Å². The van der Waals surface area contributed by atoms with Gasteiger partial charge in [0.2, 0.25) is 5.91 Å². The molecule has 7 nitrogen and oxygen atoms in total. The summed E-state index contributed by atoms with van der Waals surface area (Å²) in [4.78, 5) is 27.2. The average Bonchev–Trinajstić information content (AvgIpc) is 3.65. The van der Waals surface area contributed by atoms with Crippen molar-refractivity contribution < 1.29 is 9.59 Å². The number of nitrogens with zero attached hydrogens (tertiary/aromatic N) is 1. The van der Waals surface area contributed by atoms with Crippen molar-refractivity contribution in [3.8, 4) is 21.7 Å². The number of aryl methyl sites for hydroxylation is 1. The molecule has 4 N–H and O–H groups in total. The number of piperidine rings is 1. The van der Waals surface area contributed by atoms with E-state index in [1.165, 1.54) is 0 Å². The number of hydrogen-bond acceptors (Lipinski definition) is 5. The number of benzene rings is 2. The maximum Gasteiger partial charge on any atom is 0.252 e. The largest absolute Gasteiger partial charge is 0.346 e. The summed E-state index contributed by atoms with van der Waals surface area (Å²) >= 11 is 1.68. The molecule has 1 saturated heterocycles. The molecule has 0 aliphatic carbocycles. The van der Waals surface area contributed by atoms with Crippen LogP contribution in [0.2, 0.25) is 0 Å². The molecular formula is C29H31N5O2S. The molecule has 1 unspecified atom stereocenters. The minimum atomic E-state index is -0.238. The number of carbonyl (C=O) groups excluding carboxylic acids is 2. The van der Waals surface area contributed by atoms with E-state index in [-0.39, 0.29) is 23.9 Å². The lowest BCUT2D eigenvalue weighted by Gasteiger charge is -2.23. The molecule has 2 amide bonds. The van der Waals surface area contributed by atoms with Crippen LogP contribution in [0.1, 0.15) is 53.7 Å². The predicted octanol–water partition coefficient (Wildman–Crippen LogP) is 5.69. The van der Waals surface area contributed by atoms with Crippen LogP contribution in [0.25, 0.3) is 21.7 Å². The maximum atomic E-state index is 13.4. The fourth-order valence-corrected chi connectivity index (χ4v) is 5.38. The van der Waals surface area contributed by atoms with Gasteiger partial charge in [-0.15, -0.1) is 11.3 Å². The molecule has 0 saturated carbocycles. The van der Waals surface area contributed by atoms with E-state index >= 15 is 0 Å². The average molecular weight is 514 g/mol. The zero-order valence-electron chi connectivity index (χ0n) is 21.0. The Balaban J connectivity index is 1.36. The zero-order chi connectivity index (χ0) is 25.8. The van der Waals surface area contributed by atoms with Crippen LogP contribution in [0, 0.1) is 6.92 Å². The lowest BCUT2D eigenvalue weighted by atomic mass is 9.98. The first kappa shape index (κ1) is 24.9. The molecule has 0 radical (unpaired) electrons. The maximum absolute atomic E-state index is 13.4. The second-order valence-electron chi connectivity index (χ2n) is 9.51. The summed E-state index contributed by atoms with van der Waals surface area (Å²) in [7, 11) is 0. The Morgan fingerprint density at radius 1 is 1.08 bits per heavy atom. The van der Waals surface area contributed by atoms with Gasteiger partial charge in [0.15, 0.2) is 0 Å². The van der Waals surface area contributed by atoms with E-state index in [0.29, 0.717) is 11.3 Å². The number of hydrogen-bond donors (Lipinski definition) is 4. The standard InChI is InChI=1S/C29H31N5O2S/c1-18-8-9-23(33-29(36)26-6-3-4-11-30-26)17-24(18)28(35)32-19(2)20-14-21(25-10-12-31-34-25)16-22(15-20)27-7-5-13-37-27/h5,7-10,12-17,19,26,30H,3-4,6,11H2,1-2H3,(H,31,34)(H,32,35)(H,33,36)/t19?,26-/m1/s1. The van der Waals surface area contributed by atoms with Crippen molar-refractivity contribution in [2.24, 2.45) is 0 Å². The normalized spacial score (nSPS) is 16.2. The van der Waals surface area contributed by atoms with Crippen molar-refractivity contribution in [1.82, 2.24) is 20.8 Å². The Morgan fingerprint density at radius 2 is 1.95 bits per heavy atom. The minimum absolute atomic E-state index is 0.0555. The Kier molecular flexibility index (Phi) is 7.48. The number of aromatic amines is 1. The van der Waals surface area contributed by atoms with Gasteiger partial charge in [-0.25, -0.2) is 0 Å². The molecule has 1 fully saturated rings. The molecule has 2 aromatic carbocycles. The molecule has 3 heterocycles. The molecule has 37 heavy (non-hydrogen) atoms. The van der Waals surface area contributed by atoms with Gasteiger partial charge in [0.25, 0.3) is 5.91 Å². The highest BCUT2D eigenvalue weighted by atomic mass is 32.1. The number of carbonyl (C=O) groups is 2. The molecule has 1 aliphatic rings. The van der Waals surface area contributed by atoms with Gasteiger partial charge in [0.05, 0.1) is 17.8 Å². The summed E-state index contributed by atoms with van der Waals surface area (Å²) < 4.78 is 0. The van der Waals surface area contributed by atoms with Crippen molar-refractivity contribution >= 4 is 28.8 Å². The molecule has 1 aliphatic heterocycles. The van der Waals surface area contributed by atoms with Crippen molar-refractivity contribution in [2.75, 3.05) is 11.9 Å². The fourth-order valence-electron chi connectivity index (χ4n) is 4.67. The molecule has 5 rings (SSSR count).